The number of para-hydroxylation sites is 1. The molecule has 0 aromatic heterocycles. The third-order valence-electron chi connectivity index (χ3n) is 3.53. The summed E-state index contributed by atoms with van der Waals surface area (Å²) in [4.78, 5) is 2.20. The number of nitrogens with one attached hydrogen (secondary N) is 1. The van der Waals surface area contributed by atoms with Gasteiger partial charge in [0.05, 0.1) is 5.69 Å². The monoisotopic (exact) mass is 268 g/mol. The van der Waals surface area contributed by atoms with Crippen molar-refractivity contribution < 1.29 is 4.39 Å². The van der Waals surface area contributed by atoms with Gasteiger partial charge in [-0.05, 0) is 37.8 Å². The Balaban J connectivity index is 2.17. The van der Waals surface area contributed by atoms with Crippen molar-refractivity contribution in [2.24, 2.45) is 0 Å². The largest absolute Gasteiger partial charge is 0.369 e. The zero-order valence-electron chi connectivity index (χ0n) is 11.1. The second-order valence-electron chi connectivity index (χ2n) is 4.70. The van der Waals surface area contributed by atoms with E-state index in [1.54, 1.807) is 12.1 Å². The van der Waals surface area contributed by atoms with Gasteiger partial charge < -0.3 is 10.2 Å². The van der Waals surface area contributed by atoms with Crippen LogP contribution in [0, 0.1) is 5.82 Å². The van der Waals surface area contributed by atoms with Crippen molar-refractivity contribution in [3.8, 4) is 0 Å². The Hall–Kier alpha value is -0.740. The molecule has 0 saturated carbocycles. The molecule has 0 aliphatic carbocycles. The van der Waals surface area contributed by atoms with Crippen molar-refractivity contribution in [2.45, 2.75) is 24.6 Å². The van der Waals surface area contributed by atoms with Crippen LogP contribution in [0.2, 0.25) is 0 Å². The van der Waals surface area contributed by atoms with Crippen LogP contribution in [0.3, 0.4) is 0 Å². The quantitative estimate of drug-likeness (QED) is 0.904. The molecule has 0 amide bonds. The molecule has 0 bridgehead atoms. The molecule has 1 aliphatic rings. The van der Waals surface area contributed by atoms with Crippen molar-refractivity contribution in [3.05, 3.63) is 29.6 Å². The molecule has 1 aliphatic heterocycles. The molecule has 0 atom stereocenters. The lowest BCUT2D eigenvalue weighted by Gasteiger charge is -2.34. The molecule has 1 fully saturated rings. The average molecular weight is 268 g/mol. The zero-order chi connectivity index (χ0) is 13.0. The first-order valence-electron chi connectivity index (χ1n) is 6.46. The van der Waals surface area contributed by atoms with E-state index in [0.717, 1.165) is 49.0 Å². The minimum absolute atomic E-state index is 0.0923. The predicted octanol–water partition coefficient (Wildman–Crippen LogP) is 2.88. The third-order valence-corrected chi connectivity index (χ3v) is 4.67. The van der Waals surface area contributed by atoms with E-state index in [-0.39, 0.29) is 5.82 Å². The summed E-state index contributed by atoms with van der Waals surface area (Å²) in [6.07, 6.45) is 4.46. The van der Waals surface area contributed by atoms with Gasteiger partial charge in [-0.15, -0.1) is 0 Å². The van der Waals surface area contributed by atoms with E-state index < -0.39 is 0 Å². The predicted molar refractivity (Wildman–Crippen MR) is 77.9 cm³/mol. The summed E-state index contributed by atoms with van der Waals surface area (Å²) in [5, 5.41) is 3.85. The summed E-state index contributed by atoms with van der Waals surface area (Å²) in [6.45, 7) is 2.64. The maximum Gasteiger partial charge on any atom is 0.146 e. The average Bonchev–Trinajstić information content (AvgIpc) is 2.40. The van der Waals surface area contributed by atoms with Gasteiger partial charge in [-0.1, -0.05) is 12.1 Å². The molecule has 1 N–H and O–H groups in total. The molecule has 2 nitrogen and oxygen atoms in total. The van der Waals surface area contributed by atoms with Gasteiger partial charge in [0, 0.05) is 24.9 Å². The number of hydrogen-bond acceptors (Lipinski definition) is 3. The number of hydrogen-bond donors (Lipinski definition) is 1. The van der Waals surface area contributed by atoms with Gasteiger partial charge in [0.1, 0.15) is 5.82 Å². The molecule has 18 heavy (non-hydrogen) atoms. The van der Waals surface area contributed by atoms with Crippen molar-refractivity contribution in [2.75, 3.05) is 31.3 Å². The standard InChI is InChI=1S/C14H21FN2S/c1-16-10-11-4-3-5-13(15)14(11)17-8-6-12(18-2)7-9-17/h3-5,12,16H,6-10H2,1-2H3. The van der Waals surface area contributed by atoms with E-state index in [0.29, 0.717) is 0 Å². The van der Waals surface area contributed by atoms with Crippen LogP contribution in [0.1, 0.15) is 18.4 Å². The highest BCUT2D eigenvalue weighted by Crippen LogP contribution is 2.30. The highest BCUT2D eigenvalue weighted by molar-refractivity contribution is 7.99. The number of rotatable bonds is 4. The fraction of sp³-hybridized carbons (Fsp3) is 0.571. The molecular formula is C14H21FN2S. The molecule has 100 valence electrons. The van der Waals surface area contributed by atoms with Crippen molar-refractivity contribution >= 4 is 17.4 Å². The SMILES string of the molecule is CNCc1cccc(F)c1N1CCC(SC)CC1. The van der Waals surface area contributed by atoms with Gasteiger partial charge in [-0.25, -0.2) is 4.39 Å². The topological polar surface area (TPSA) is 15.3 Å². The number of halogens is 1. The first-order valence-corrected chi connectivity index (χ1v) is 7.74. The Bertz CT molecular complexity index is 389. The van der Waals surface area contributed by atoms with Crippen molar-refractivity contribution in [1.29, 1.82) is 0 Å². The van der Waals surface area contributed by atoms with Gasteiger partial charge in [-0.2, -0.15) is 11.8 Å². The molecule has 1 saturated heterocycles. The normalized spacial score (nSPS) is 17.2. The number of piperidine rings is 1. The van der Waals surface area contributed by atoms with Gasteiger partial charge >= 0.3 is 0 Å². The molecule has 4 heteroatoms. The van der Waals surface area contributed by atoms with E-state index in [2.05, 4.69) is 16.5 Å². The van der Waals surface area contributed by atoms with Gasteiger partial charge in [0.2, 0.25) is 0 Å². The van der Waals surface area contributed by atoms with Crippen LogP contribution in [0.15, 0.2) is 18.2 Å². The van der Waals surface area contributed by atoms with Crippen LogP contribution >= 0.6 is 11.8 Å². The summed E-state index contributed by atoms with van der Waals surface area (Å²) >= 11 is 1.93. The lowest BCUT2D eigenvalue weighted by Crippen LogP contribution is -2.36. The lowest BCUT2D eigenvalue weighted by molar-refractivity contribution is 0.562. The fourth-order valence-electron chi connectivity index (χ4n) is 2.56. The highest BCUT2D eigenvalue weighted by atomic mass is 32.2. The Morgan fingerprint density at radius 2 is 2.11 bits per heavy atom. The number of nitrogens with zero attached hydrogens (tertiary/aromatic N) is 1. The fourth-order valence-corrected chi connectivity index (χ4v) is 3.24. The summed E-state index contributed by atoms with van der Waals surface area (Å²) in [6, 6.07) is 5.37. The second-order valence-corrected chi connectivity index (χ2v) is 5.84. The Labute approximate surface area is 113 Å². The van der Waals surface area contributed by atoms with E-state index >= 15 is 0 Å². The minimum Gasteiger partial charge on any atom is -0.369 e. The first-order chi connectivity index (χ1) is 8.76. The van der Waals surface area contributed by atoms with E-state index in [1.165, 1.54) is 0 Å². The molecule has 2 rings (SSSR count). The maximum absolute atomic E-state index is 14.1. The summed E-state index contributed by atoms with van der Waals surface area (Å²) in [7, 11) is 1.90. The number of thioether (sulfide) groups is 1. The van der Waals surface area contributed by atoms with Crippen LogP contribution in [0.4, 0.5) is 10.1 Å². The molecule has 0 spiro atoms. The summed E-state index contributed by atoms with van der Waals surface area (Å²) < 4.78 is 14.1. The third kappa shape index (κ3) is 2.98. The number of anilines is 1. The van der Waals surface area contributed by atoms with Gasteiger partial charge in [-0.3, -0.25) is 0 Å². The van der Waals surface area contributed by atoms with Gasteiger partial charge in [0.15, 0.2) is 0 Å². The van der Waals surface area contributed by atoms with Gasteiger partial charge in [0.25, 0.3) is 0 Å². The van der Waals surface area contributed by atoms with E-state index in [4.69, 9.17) is 0 Å². The molecule has 0 unspecified atom stereocenters. The molecule has 1 aromatic carbocycles. The van der Waals surface area contributed by atoms with Crippen LogP contribution < -0.4 is 10.2 Å². The van der Waals surface area contributed by atoms with E-state index in [1.807, 2.05) is 24.9 Å². The highest BCUT2D eigenvalue weighted by Gasteiger charge is 2.22. The Morgan fingerprint density at radius 1 is 1.39 bits per heavy atom. The van der Waals surface area contributed by atoms with Crippen LogP contribution in [0.25, 0.3) is 0 Å². The summed E-state index contributed by atoms with van der Waals surface area (Å²) in [5.74, 6) is -0.0923. The first kappa shape index (κ1) is 13.7. The zero-order valence-corrected chi connectivity index (χ0v) is 11.9. The molecule has 0 radical (unpaired) electrons. The smallest absolute Gasteiger partial charge is 0.146 e. The second kappa shape index (κ2) is 6.43. The van der Waals surface area contributed by atoms with Crippen molar-refractivity contribution in [3.63, 3.8) is 0 Å². The lowest BCUT2D eigenvalue weighted by atomic mass is 10.1. The van der Waals surface area contributed by atoms with Crippen molar-refractivity contribution in [1.82, 2.24) is 5.32 Å². The van der Waals surface area contributed by atoms with Crippen LogP contribution in [-0.4, -0.2) is 31.6 Å². The molecule has 1 aromatic rings. The van der Waals surface area contributed by atoms with Crippen LogP contribution in [0.5, 0.6) is 0 Å². The van der Waals surface area contributed by atoms with E-state index in [9.17, 15) is 4.39 Å². The minimum atomic E-state index is -0.0923. The van der Waals surface area contributed by atoms with Crippen LogP contribution in [-0.2, 0) is 6.54 Å². The molecular weight excluding hydrogens is 247 g/mol. The molecule has 1 heterocycles. The Kier molecular flexibility index (Phi) is 4.89. The number of benzene rings is 1. The summed E-state index contributed by atoms with van der Waals surface area (Å²) in [5.41, 5.74) is 1.85. The maximum atomic E-state index is 14.1. The Morgan fingerprint density at radius 3 is 2.72 bits per heavy atom.